The molecule has 1 heterocycles. The second-order valence-corrected chi connectivity index (χ2v) is 6.99. The van der Waals surface area contributed by atoms with E-state index in [0.717, 1.165) is 11.0 Å². The lowest BCUT2D eigenvalue weighted by molar-refractivity contribution is 0.0843. The molecule has 0 aliphatic rings. The summed E-state index contributed by atoms with van der Waals surface area (Å²) in [6.45, 7) is 6.17. The number of nitrogens with one attached hydrogen (secondary N) is 1. The highest BCUT2D eigenvalue weighted by molar-refractivity contribution is 5.94. The molecule has 6 nitrogen and oxygen atoms in total. The molecule has 3 aromatic rings. The number of rotatable bonds is 4. The highest BCUT2D eigenvalue weighted by Gasteiger charge is 2.30. The lowest BCUT2D eigenvalue weighted by Crippen LogP contribution is -2.41. The molecule has 2 aromatic carbocycles. The van der Waals surface area contributed by atoms with Gasteiger partial charge in [-0.1, -0.05) is 38.1 Å². The minimum Gasteiger partial charge on any atom is -0.497 e. The Hall–Kier alpha value is -2.89. The molecule has 130 valence electrons. The fourth-order valence-corrected chi connectivity index (χ4v) is 2.67. The average molecular weight is 338 g/mol. The van der Waals surface area contributed by atoms with Gasteiger partial charge in [0.05, 0.1) is 12.6 Å². The zero-order valence-electron chi connectivity index (χ0n) is 14.9. The van der Waals surface area contributed by atoms with Gasteiger partial charge in [-0.25, -0.2) is 4.68 Å². The van der Waals surface area contributed by atoms with Gasteiger partial charge in [-0.15, -0.1) is 5.10 Å². The van der Waals surface area contributed by atoms with Crippen LogP contribution in [0, 0.1) is 5.41 Å². The van der Waals surface area contributed by atoms with Gasteiger partial charge in [0.2, 0.25) is 0 Å². The number of methoxy groups -OCH3 is 1. The number of para-hydroxylation sites is 1. The van der Waals surface area contributed by atoms with Crippen molar-refractivity contribution < 1.29 is 9.53 Å². The van der Waals surface area contributed by atoms with Gasteiger partial charge >= 0.3 is 0 Å². The summed E-state index contributed by atoms with van der Waals surface area (Å²) in [6, 6.07) is 14.7. The topological polar surface area (TPSA) is 69.0 Å². The van der Waals surface area contributed by atoms with Crippen molar-refractivity contribution in [2.45, 2.75) is 26.9 Å². The number of benzene rings is 2. The van der Waals surface area contributed by atoms with E-state index in [1.54, 1.807) is 36.1 Å². The molecule has 1 N–H and O–H groups in total. The molecule has 1 aromatic heterocycles. The first kappa shape index (κ1) is 17.0. The summed E-state index contributed by atoms with van der Waals surface area (Å²) in [7, 11) is 1.60. The molecular weight excluding hydrogens is 316 g/mol. The van der Waals surface area contributed by atoms with Crippen LogP contribution in [-0.4, -0.2) is 28.0 Å². The van der Waals surface area contributed by atoms with E-state index >= 15 is 0 Å². The Kier molecular flexibility index (Phi) is 4.44. The quantitative estimate of drug-likeness (QED) is 0.791. The third-order valence-corrected chi connectivity index (χ3v) is 4.06. The lowest BCUT2D eigenvalue weighted by atomic mass is 9.92. The number of nitrogens with zero attached hydrogens (tertiary/aromatic N) is 3. The molecule has 6 heteroatoms. The van der Waals surface area contributed by atoms with E-state index in [1.165, 1.54) is 0 Å². The Morgan fingerprint density at radius 2 is 1.80 bits per heavy atom. The molecule has 0 aliphatic carbocycles. The molecule has 1 amide bonds. The summed E-state index contributed by atoms with van der Waals surface area (Å²) in [5, 5.41) is 11.6. The summed E-state index contributed by atoms with van der Waals surface area (Å²) in [5.41, 5.74) is 2.01. The maximum atomic E-state index is 12.7. The predicted molar refractivity (Wildman–Crippen MR) is 96.5 cm³/mol. The lowest BCUT2D eigenvalue weighted by Gasteiger charge is -2.31. The van der Waals surface area contributed by atoms with Crippen LogP contribution in [0.2, 0.25) is 0 Å². The smallest absolute Gasteiger partial charge is 0.252 e. The summed E-state index contributed by atoms with van der Waals surface area (Å²) in [5.74, 6) is 0.549. The van der Waals surface area contributed by atoms with Crippen LogP contribution < -0.4 is 10.1 Å². The first-order chi connectivity index (χ1) is 11.9. The van der Waals surface area contributed by atoms with Gasteiger partial charge in [0.15, 0.2) is 0 Å². The van der Waals surface area contributed by atoms with E-state index in [0.29, 0.717) is 11.3 Å². The van der Waals surface area contributed by atoms with Crippen molar-refractivity contribution in [3.63, 3.8) is 0 Å². The number of aromatic nitrogens is 3. The van der Waals surface area contributed by atoms with Crippen molar-refractivity contribution >= 4 is 16.9 Å². The van der Waals surface area contributed by atoms with Crippen molar-refractivity contribution in [2.24, 2.45) is 5.41 Å². The summed E-state index contributed by atoms with van der Waals surface area (Å²) < 4.78 is 6.91. The zero-order chi connectivity index (χ0) is 18.0. The summed E-state index contributed by atoms with van der Waals surface area (Å²) in [4.78, 5) is 12.7. The Bertz CT molecular complexity index is 878. The number of amides is 1. The second-order valence-electron chi connectivity index (χ2n) is 6.99. The third kappa shape index (κ3) is 3.47. The van der Waals surface area contributed by atoms with E-state index in [4.69, 9.17) is 4.74 Å². The van der Waals surface area contributed by atoms with Crippen molar-refractivity contribution in [1.82, 2.24) is 20.3 Å². The van der Waals surface area contributed by atoms with E-state index in [2.05, 4.69) is 36.4 Å². The summed E-state index contributed by atoms with van der Waals surface area (Å²) >= 11 is 0. The van der Waals surface area contributed by atoms with Crippen LogP contribution in [0.5, 0.6) is 5.75 Å². The fourth-order valence-electron chi connectivity index (χ4n) is 2.67. The van der Waals surface area contributed by atoms with Gasteiger partial charge in [-0.2, -0.15) is 0 Å². The Morgan fingerprint density at radius 1 is 1.12 bits per heavy atom. The van der Waals surface area contributed by atoms with Gasteiger partial charge < -0.3 is 10.1 Å². The Labute approximate surface area is 146 Å². The van der Waals surface area contributed by atoms with E-state index < -0.39 is 0 Å². The van der Waals surface area contributed by atoms with Crippen LogP contribution >= 0.6 is 0 Å². The van der Waals surface area contributed by atoms with Crippen LogP contribution in [-0.2, 0) is 0 Å². The van der Waals surface area contributed by atoms with Gasteiger partial charge in [-0.3, -0.25) is 4.79 Å². The van der Waals surface area contributed by atoms with Crippen LogP contribution in [0.4, 0.5) is 0 Å². The largest absolute Gasteiger partial charge is 0.497 e. The van der Waals surface area contributed by atoms with Crippen molar-refractivity contribution in [1.29, 1.82) is 0 Å². The maximum absolute atomic E-state index is 12.7. The highest BCUT2D eigenvalue weighted by Crippen LogP contribution is 2.30. The molecule has 0 spiro atoms. The molecule has 1 unspecified atom stereocenters. The monoisotopic (exact) mass is 338 g/mol. The van der Waals surface area contributed by atoms with Gasteiger partial charge in [0.1, 0.15) is 17.4 Å². The molecule has 0 saturated heterocycles. The molecule has 0 bridgehead atoms. The van der Waals surface area contributed by atoms with Crippen LogP contribution in [0.3, 0.4) is 0 Å². The number of hydrogen-bond donors (Lipinski definition) is 1. The minimum absolute atomic E-state index is 0.165. The Balaban J connectivity index is 1.92. The van der Waals surface area contributed by atoms with Gasteiger partial charge in [0, 0.05) is 11.0 Å². The van der Waals surface area contributed by atoms with Crippen molar-refractivity contribution in [3.8, 4) is 5.75 Å². The number of fused-ring (bicyclic) bond motifs is 1. The number of carbonyl (C=O) groups is 1. The van der Waals surface area contributed by atoms with Crippen LogP contribution in [0.25, 0.3) is 11.0 Å². The number of carbonyl (C=O) groups excluding carboxylic acids is 1. The normalized spacial score (nSPS) is 12.8. The summed E-state index contributed by atoms with van der Waals surface area (Å²) in [6.07, 6.45) is -0.338. The molecule has 1 atom stereocenters. The molecule has 0 fully saturated rings. The SMILES string of the molecule is COc1ccc(C(=O)NC(n2nnc3ccccc32)C(C)(C)C)cc1. The maximum Gasteiger partial charge on any atom is 0.252 e. The first-order valence-corrected chi connectivity index (χ1v) is 8.15. The zero-order valence-corrected chi connectivity index (χ0v) is 14.9. The molecule has 25 heavy (non-hydrogen) atoms. The van der Waals surface area contributed by atoms with Crippen molar-refractivity contribution in [3.05, 3.63) is 54.1 Å². The average Bonchev–Trinajstić information content (AvgIpc) is 3.02. The van der Waals surface area contributed by atoms with Crippen LogP contribution in [0.15, 0.2) is 48.5 Å². The molecule has 0 aliphatic heterocycles. The third-order valence-electron chi connectivity index (χ3n) is 4.06. The predicted octanol–water partition coefficient (Wildman–Crippen LogP) is 3.41. The molecule has 0 radical (unpaired) electrons. The molecular formula is C19H22N4O2. The minimum atomic E-state index is -0.338. The van der Waals surface area contributed by atoms with Gasteiger partial charge in [0.25, 0.3) is 5.91 Å². The highest BCUT2D eigenvalue weighted by atomic mass is 16.5. The van der Waals surface area contributed by atoms with E-state index in [9.17, 15) is 4.79 Å². The van der Waals surface area contributed by atoms with Gasteiger partial charge in [-0.05, 0) is 36.4 Å². The number of hydrogen-bond acceptors (Lipinski definition) is 4. The molecule has 3 rings (SSSR count). The van der Waals surface area contributed by atoms with E-state index in [1.807, 2.05) is 24.3 Å². The van der Waals surface area contributed by atoms with Crippen LogP contribution in [0.1, 0.15) is 37.3 Å². The van der Waals surface area contributed by atoms with Crippen molar-refractivity contribution in [2.75, 3.05) is 7.11 Å². The number of ether oxygens (including phenoxy) is 1. The Morgan fingerprint density at radius 3 is 2.44 bits per heavy atom. The fraction of sp³-hybridized carbons (Fsp3) is 0.316. The molecule has 0 saturated carbocycles. The standard InChI is InChI=1S/C19H22N4O2/c1-19(2,3)18(23-16-8-6-5-7-15(16)21-22-23)20-17(24)13-9-11-14(25-4)12-10-13/h5-12,18H,1-4H3,(H,20,24). The van der Waals surface area contributed by atoms with E-state index in [-0.39, 0.29) is 17.5 Å². The first-order valence-electron chi connectivity index (χ1n) is 8.15. The second kappa shape index (κ2) is 6.55.